The van der Waals surface area contributed by atoms with Gasteiger partial charge in [0.15, 0.2) is 0 Å². The summed E-state index contributed by atoms with van der Waals surface area (Å²) < 4.78 is 17.4. The Bertz CT molecular complexity index is 414. The van der Waals surface area contributed by atoms with Gasteiger partial charge in [0.1, 0.15) is 5.75 Å². The Morgan fingerprint density at radius 1 is 1.17 bits per heavy atom. The van der Waals surface area contributed by atoms with Crippen LogP contribution in [0.1, 0.15) is 43.1 Å². The van der Waals surface area contributed by atoms with Crippen LogP contribution >= 0.6 is 0 Å². The number of ether oxygens (including phenoxy) is 3. The van der Waals surface area contributed by atoms with E-state index >= 15 is 0 Å². The first-order chi connectivity index (χ1) is 8.67. The minimum Gasteiger partial charge on any atom is -0.464 e. The molecule has 100 valence electrons. The number of fused-ring (bicyclic) bond motifs is 1. The van der Waals surface area contributed by atoms with E-state index in [1.165, 1.54) is 11.1 Å². The summed E-state index contributed by atoms with van der Waals surface area (Å²) in [5.41, 5.74) is 3.57. The quantitative estimate of drug-likeness (QED) is 0.818. The smallest absolute Gasteiger partial charge is 0.202 e. The maximum atomic E-state index is 5.96. The highest BCUT2D eigenvalue weighted by Crippen LogP contribution is 2.40. The molecule has 1 heterocycles. The van der Waals surface area contributed by atoms with Gasteiger partial charge in [-0.25, -0.2) is 0 Å². The molecule has 0 radical (unpaired) electrons. The van der Waals surface area contributed by atoms with Crippen LogP contribution in [0.3, 0.4) is 0 Å². The molecule has 0 N–H and O–H groups in total. The van der Waals surface area contributed by atoms with Gasteiger partial charge in [-0.2, -0.15) is 0 Å². The highest BCUT2D eigenvalue weighted by molar-refractivity contribution is 5.47. The van der Waals surface area contributed by atoms with E-state index < -0.39 is 0 Å². The third-order valence-electron chi connectivity index (χ3n) is 3.43. The van der Waals surface area contributed by atoms with E-state index in [0.717, 1.165) is 17.7 Å². The van der Waals surface area contributed by atoms with Gasteiger partial charge >= 0.3 is 0 Å². The molecule has 1 aliphatic heterocycles. The summed E-state index contributed by atoms with van der Waals surface area (Å²) in [6.45, 7) is 9.55. The zero-order chi connectivity index (χ0) is 13.1. The zero-order valence-corrected chi connectivity index (χ0v) is 11.7. The predicted molar refractivity (Wildman–Crippen MR) is 70.9 cm³/mol. The lowest BCUT2D eigenvalue weighted by Crippen LogP contribution is -2.30. The number of aryl methyl sites for hydroxylation is 1. The zero-order valence-electron chi connectivity index (χ0n) is 11.7. The van der Waals surface area contributed by atoms with Crippen LogP contribution in [0, 0.1) is 13.8 Å². The largest absolute Gasteiger partial charge is 0.464 e. The van der Waals surface area contributed by atoms with Gasteiger partial charge in [-0.15, -0.1) is 0 Å². The Morgan fingerprint density at radius 3 is 2.56 bits per heavy atom. The Labute approximate surface area is 109 Å². The molecular formula is C15H22O3. The maximum Gasteiger partial charge on any atom is 0.202 e. The van der Waals surface area contributed by atoms with Gasteiger partial charge in [-0.05, 0) is 38.8 Å². The second-order valence-electron chi connectivity index (χ2n) is 4.61. The fourth-order valence-electron chi connectivity index (χ4n) is 2.35. The topological polar surface area (TPSA) is 27.7 Å². The number of benzene rings is 1. The lowest BCUT2D eigenvalue weighted by molar-refractivity contribution is -0.122. The predicted octanol–water partition coefficient (Wildman–Crippen LogP) is 3.53. The van der Waals surface area contributed by atoms with Crippen molar-refractivity contribution < 1.29 is 14.2 Å². The minimum atomic E-state index is -0.195. The van der Waals surface area contributed by atoms with Crippen molar-refractivity contribution in [2.24, 2.45) is 0 Å². The molecular weight excluding hydrogens is 228 g/mol. The van der Waals surface area contributed by atoms with Crippen molar-refractivity contribution >= 4 is 0 Å². The lowest BCUT2D eigenvalue weighted by atomic mass is 9.96. The van der Waals surface area contributed by atoms with Crippen molar-refractivity contribution in [1.82, 2.24) is 0 Å². The summed E-state index contributed by atoms with van der Waals surface area (Å²) in [6, 6.07) is 4.24. The lowest BCUT2D eigenvalue weighted by Gasteiger charge is -2.33. The summed E-state index contributed by atoms with van der Waals surface area (Å²) >= 11 is 0. The molecule has 2 atom stereocenters. The average Bonchev–Trinajstić information content (AvgIpc) is 2.35. The van der Waals surface area contributed by atoms with E-state index in [-0.39, 0.29) is 12.4 Å². The van der Waals surface area contributed by atoms with Crippen LogP contribution < -0.4 is 4.74 Å². The van der Waals surface area contributed by atoms with Gasteiger partial charge in [-0.1, -0.05) is 12.1 Å². The SMILES string of the molecule is CCOC1CC(OCC)c2ccc(C)c(C)c2O1. The van der Waals surface area contributed by atoms with Crippen LogP contribution in [0.5, 0.6) is 5.75 Å². The molecule has 2 rings (SSSR count). The number of hydrogen-bond acceptors (Lipinski definition) is 3. The van der Waals surface area contributed by atoms with Gasteiger partial charge in [0.05, 0.1) is 6.10 Å². The number of rotatable bonds is 4. The summed E-state index contributed by atoms with van der Waals surface area (Å²) in [5.74, 6) is 0.943. The molecule has 0 fully saturated rings. The summed E-state index contributed by atoms with van der Waals surface area (Å²) in [7, 11) is 0. The monoisotopic (exact) mass is 250 g/mol. The number of hydrogen-bond donors (Lipinski definition) is 0. The highest BCUT2D eigenvalue weighted by Gasteiger charge is 2.30. The highest BCUT2D eigenvalue weighted by atomic mass is 16.7. The van der Waals surface area contributed by atoms with E-state index in [9.17, 15) is 0 Å². The summed E-state index contributed by atoms with van der Waals surface area (Å²) in [6.07, 6.45) is 0.645. The van der Waals surface area contributed by atoms with E-state index in [0.29, 0.717) is 13.2 Å². The van der Waals surface area contributed by atoms with Crippen LogP contribution in [0.2, 0.25) is 0 Å². The molecule has 0 aliphatic carbocycles. The van der Waals surface area contributed by atoms with E-state index in [4.69, 9.17) is 14.2 Å². The van der Waals surface area contributed by atoms with Gasteiger partial charge in [0.25, 0.3) is 0 Å². The first-order valence-corrected chi connectivity index (χ1v) is 6.67. The van der Waals surface area contributed by atoms with Gasteiger partial charge < -0.3 is 14.2 Å². The van der Waals surface area contributed by atoms with Crippen molar-refractivity contribution in [3.63, 3.8) is 0 Å². The maximum absolute atomic E-state index is 5.96. The second-order valence-corrected chi connectivity index (χ2v) is 4.61. The van der Waals surface area contributed by atoms with Crippen LogP contribution in [-0.4, -0.2) is 19.5 Å². The third-order valence-corrected chi connectivity index (χ3v) is 3.43. The standard InChI is InChI=1S/C15H22O3/c1-5-16-13-9-14(17-6-2)18-15-11(4)10(3)7-8-12(13)15/h7-8,13-14H,5-6,9H2,1-4H3. The summed E-state index contributed by atoms with van der Waals surface area (Å²) in [4.78, 5) is 0. The summed E-state index contributed by atoms with van der Waals surface area (Å²) in [5, 5.41) is 0. The van der Waals surface area contributed by atoms with E-state index in [1.54, 1.807) is 0 Å². The Balaban J connectivity index is 2.35. The van der Waals surface area contributed by atoms with Gasteiger partial charge in [0.2, 0.25) is 6.29 Å². The van der Waals surface area contributed by atoms with Gasteiger partial charge in [-0.3, -0.25) is 0 Å². The van der Waals surface area contributed by atoms with E-state index in [2.05, 4.69) is 26.0 Å². The average molecular weight is 250 g/mol. The van der Waals surface area contributed by atoms with Crippen LogP contribution in [0.25, 0.3) is 0 Å². The van der Waals surface area contributed by atoms with Crippen molar-refractivity contribution in [3.05, 3.63) is 28.8 Å². The van der Waals surface area contributed by atoms with Crippen LogP contribution in [0.15, 0.2) is 12.1 Å². The Hall–Kier alpha value is -1.06. The minimum absolute atomic E-state index is 0.0783. The van der Waals surface area contributed by atoms with Gasteiger partial charge in [0, 0.05) is 25.2 Å². The fraction of sp³-hybridized carbons (Fsp3) is 0.600. The van der Waals surface area contributed by atoms with Crippen molar-refractivity contribution in [3.8, 4) is 5.75 Å². The molecule has 0 saturated heterocycles. The first-order valence-electron chi connectivity index (χ1n) is 6.67. The molecule has 0 amide bonds. The molecule has 0 spiro atoms. The second kappa shape index (κ2) is 5.72. The third kappa shape index (κ3) is 2.52. The molecule has 2 unspecified atom stereocenters. The molecule has 0 aromatic heterocycles. The molecule has 1 aromatic rings. The van der Waals surface area contributed by atoms with Crippen molar-refractivity contribution in [2.45, 2.75) is 46.5 Å². The molecule has 1 aromatic carbocycles. The molecule has 0 saturated carbocycles. The first kappa shape index (κ1) is 13.4. The van der Waals surface area contributed by atoms with Crippen molar-refractivity contribution in [1.29, 1.82) is 0 Å². The Kier molecular flexibility index (Phi) is 4.25. The Morgan fingerprint density at radius 2 is 1.89 bits per heavy atom. The molecule has 3 heteroatoms. The molecule has 0 bridgehead atoms. The molecule has 1 aliphatic rings. The van der Waals surface area contributed by atoms with Crippen molar-refractivity contribution in [2.75, 3.05) is 13.2 Å². The normalized spacial score (nSPS) is 22.4. The molecule has 18 heavy (non-hydrogen) atoms. The van der Waals surface area contributed by atoms with Crippen LogP contribution in [0.4, 0.5) is 0 Å². The van der Waals surface area contributed by atoms with E-state index in [1.807, 2.05) is 13.8 Å². The molecule has 3 nitrogen and oxygen atoms in total. The van der Waals surface area contributed by atoms with Crippen LogP contribution in [-0.2, 0) is 9.47 Å². The fourth-order valence-corrected chi connectivity index (χ4v) is 2.35.